The Labute approximate surface area is 152 Å². The van der Waals surface area contributed by atoms with Crippen LogP contribution >= 0.6 is 0 Å². The molecule has 0 radical (unpaired) electrons. The van der Waals surface area contributed by atoms with Gasteiger partial charge in [0.05, 0.1) is 11.1 Å². The van der Waals surface area contributed by atoms with Crippen molar-refractivity contribution in [2.24, 2.45) is 0 Å². The SMILES string of the molecule is CNC(=O)c1ccc(-n2c3c(c4cc(C)ccc42)CN(C)CC3)cc1F. The maximum atomic E-state index is 14.6. The summed E-state index contributed by atoms with van der Waals surface area (Å²) in [6.45, 7) is 3.95. The number of aromatic nitrogens is 1. The van der Waals surface area contributed by atoms with Crippen LogP contribution in [0.5, 0.6) is 0 Å². The number of carbonyl (C=O) groups excluding carboxylic acids is 1. The summed E-state index contributed by atoms with van der Waals surface area (Å²) in [6.07, 6.45) is 0.915. The molecule has 1 N–H and O–H groups in total. The normalized spacial score (nSPS) is 14.5. The smallest absolute Gasteiger partial charge is 0.253 e. The predicted octanol–water partition coefficient (Wildman–Crippen LogP) is 3.43. The minimum atomic E-state index is -0.502. The Morgan fingerprint density at radius 1 is 1.19 bits per heavy atom. The lowest BCUT2D eigenvalue weighted by Gasteiger charge is -2.24. The van der Waals surface area contributed by atoms with Crippen molar-refractivity contribution in [2.75, 3.05) is 20.6 Å². The molecule has 0 spiro atoms. The van der Waals surface area contributed by atoms with Crippen LogP contribution < -0.4 is 5.32 Å². The van der Waals surface area contributed by atoms with Crippen LogP contribution in [0, 0.1) is 12.7 Å². The molecule has 1 aliphatic rings. The molecule has 1 aliphatic heterocycles. The van der Waals surface area contributed by atoms with Gasteiger partial charge < -0.3 is 14.8 Å². The Hall–Kier alpha value is -2.66. The van der Waals surface area contributed by atoms with Crippen LogP contribution in [0.4, 0.5) is 4.39 Å². The first-order valence-electron chi connectivity index (χ1n) is 8.83. The molecule has 5 heteroatoms. The van der Waals surface area contributed by atoms with Gasteiger partial charge in [-0.3, -0.25) is 4.79 Å². The van der Waals surface area contributed by atoms with E-state index >= 15 is 0 Å². The van der Waals surface area contributed by atoms with Crippen LogP contribution in [0.1, 0.15) is 27.2 Å². The number of hydrogen-bond donors (Lipinski definition) is 1. The van der Waals surface area contributed by atoms with Gasteiger partial charge in [0.1, 0.15) is 5.82 Å². The predicted molar refractivity (Wildman–Crippen MR) is 101 cm³/mol. The van der Waals surface area contributed by atoms with Gasteiger partial charge in [0.15, 0.2) is 0 Å². The van der Waals surface area contributed by atoms with Crippen LogP contribution in [0.25, 0.3) is 16.6 Å². The molecular formula is C21H22FN3O. The lowest BCUT2D eigenvalue weighted by atomic mass is 10.0. The van der Waals surface area contributed by atoms with Crippen LogP contribution in [0.15, 0.2) is 36.4 Å². The van der Waals surface area contributed by atoms with Gasteiger partial charge in [-0.15, -0.1) is 0 Å². The molecule has 1 aromatic heterocycles. The van der Waals surface area contributed by atoms with E-state index in [2.05, 4.69) is 47.0 Å². The second-order valence-corrected chi connectivity index (χ2v) is 7.01. The molecule has 0 unspecified atom stereocenters. The first-order valence-corrected chi connectivity index (χ1v) is 8.83. The number of amides is 1. The maximum Gasteiger partial charge on any atom is 0.253 e. The van der Waals surface area contributed by atoms with Gasteiger partial charge in [-0.1, -0.05) is 11.6 Å². The van der Waals surface area contributed by atoms with E-state index in [9.17, 15) is 9.18 Å². The van der Waals surface area contributed by atoms with Gasteiger partial charge in [0, 0.05) is 43.3 Å². The number of halogens is 1. The summed E-state index contributed by atoms with van der Waals surface area (Å²) in [6, 6.07) is 11.2. The molecule has 1 amide bonds. The Morgan fingerprint density at radius 2 is 2.00 bits per heavy atom. The maximum absolute atomic E-state index is 14.6. The molecule has 4 nitrogen and oxygen atoms in total. The highest BCUT2D eigenvalue weighted by molar-refractivity contribution is 5.94. The zero-order valence-electron chi connectivity index (χ0n) is 15.3. The summed E-state index contributed by atoms with van der Waals surface area (Å²) in [5.41, 5.74) is 5.67. The number of nitrogens with zero attached hydrogens (tertiary/aromatic N) is 2. The number of likely N-dealkylation sites (N-methyl/N-ethyl adjacent to an activating group) is 1. The van der Waals surface area contributed by atoms with Crippen molar-refractivity contribution in [1.82, 2.24) is 14.8 Å². The highest BCUT2D eigenvalue weighted by atomic mass is 19.1. The van der Waals surface area contributed by atoms with E-state index in [1.54, 1.807) is 6.07 Å². The summed E-state index contributed by atoms with van der Waals surface area (Å²) in [5, 5.41) is 3.70. The lowest BCUT2D eigenvalue weighted by Crippen LogP contribution is -2.27. The van der Waals surface area contributed by atoms with Crippen molar-refractivity contribution >= 4 is 16.8 Å². The van der Waals surface area contributed by atoms with Crippen LogP contribution in [-0.2, 0) is 13.0 Å². The van der Waals surface area contributed by atoms with Gasteiger partial charge >= 0.3 is 0 Å². The standard InChI is InChI=1S/C21H22FN3O/c1-13-4-7-19-16(10-13)17-12-24(3)9-8-20(17)25(19)14-5-6-15(18(22)11-14)21(26)23-2/h4-7,10-11H,8-9,12H2,1-3H3,(H,23,26). The van der Waals surface area contributed by atoms with Gasteiger partial charge in [0.2, 0.25) is 0 Å². The molecule has 2 heterocycles. The van der Waals surface area contributed by atoms with Crippen molar-refractivity contribution in [2.45, 2.75) is 19.9 Å². The van der Waals surface area contributed by atoms with Crippen LogP contribution in [-0.4, -0.2) is 36.0 Å². The molecular weight excluding hydrogens is 329 g/mol. The number of rotatable bonds is 2. The fraction of sp³-hybridized carbons (Fsp3) is 0.286. The molecule has 4 rings (SSSR count). The highest BCUT2D eigenvalue weighted by Crippen LogP contribution is 2.34. The minimum absolute atomic E-state index is 0.0668. The number of fused-ring (bicyclic) bond motifs is 3. The van der Waals surface area contributed by atoms with E-state index in [-0.39, 0.29) is 5.56 Å². The fourth-order valence-electron chi connectivity index (χ4n) is 3.86. The molecule has 0 saturated heterocycles. The summed E-state index contributed by atoms with van der Waals surface area (Å²) in [4.78, 5) is 14.1. The van der Waals surface area contributed by atoms with Crippen molar-refractivity contribution in [3.8, 4) is 5.69 Å². The van der Waals surface area contributed by atoms with E-state index in [4.69, 9.17) is 0 Å². The van der Waals surface area contributed by atoms with Crippen molar-refractivity contribution in [1.29, 1.82) is 0 Å². The topological polar surface area (TPSA) is 37.3 Å². The number of benzene rings is 2. The van der Waals surface area contributed by atoms with Crippen molar-refractivity contribution in [3.63, 3.8) is 0 Å². The molecule has 0 bridgehead atoms. The van der Waals surface area contributed by atoms with Crippen LogP contribution in [0.3, 0.4) is 0 Å². The Balaban J connectivity index is 1.95. The van der Waals surface area contributed by atoms with E-state index < -0.39 is 11.7 Å². The molecule has 26 heavy (non-hydrogen) atoms. The van der Waals surface area contributed by atoms with E-state index in [0.717, 1.165) is 30.7 Å². The second kappa shape index (κ2) is 6.25. The highest BCUT2D eigenvalue weighted by Gasteiger charge is 2.23. The van der Waals surface area contributed by atoms with Gasteiger partial charge in [-0.25, -0.2) is 4.39 Å². The monoisotopic (exact) mass is 351 g/mol. The zero-order chi connectivity index (χ0) is 18.4. The average Bonchev–Trinajstić information content (AvgIpc) is 2.94. The van der Waals surface area contributed by atoms with Crippen molar-refractivity contribution in [3.05, 3.63) is 64.6 Å². The van der Waals surface area contributed by atoms with E-state index in [0.29, 0.717) is 0 Å². The van der Waals surface area contributed by atoms with Gasteiger partial charge in [-0.05, 0) is 49.9 Å². The quantitative estimate of drug-likeness (QED) is 0.768. The largest absolute Gasteiger partial charge is 0.355 e. The zero-order valence-corrected chi connectivity index (χ0v) is 15.3. The summed E-state index contributed by atoms with van der Waals surface area (Å²) >= 11 is 0. The van der Waals surface area contributed by atoms with E-state index in [1.807, 2.05) is 6.07 Å². The number of aryl methyl sites for hydroxylation is 1. The van der Waals surface area contributed by atoms with E-state index in [1.165, 1.54) is 35.3 Å². The molecule has 134 valence electrons. The molecule has 0 aliphatic carbocycles. The fourth-order valence-corrected chi connectivity index (χ4v) is 3.86. The third kappa shape index (κ3) is 2.59. The van der Waals surface area contributed by atoms with Gasteiger partial charge in [-0.2, -0.15) is 0 Å². The van der Waals surface area contributed by atoms with Crippen molar-refractivity contribution < 1.29 is 9.18 Å². The third-order valence-electron chi connectivity index (χ3n) is 5.18. The Morgan fingerprint density at radius 3 is 2.73 bits per heavy atom. The van der Waals surface area contributed by atoms with Gasteiger partial charge in [0.25, 0.3) is 5.91 Å². The Bertz CT molecular complexity index is 1020. The summed E-state index contributed by atoms with van der Waals surface area (Å²) in [5.74, 6) is -0.914. The molecule has 3 aromatic rings. The molecule has 2 aromatic carbocycles. The summed E-state index contributed by atoms with van der Waals surface area (Å²) in [7, 11) is 3.63. The number of nitrogens with one attached hydrogen (secondary N) is 1. The average molecular weight is 351 g/mol. The minimum Gasteiger partial charge on any atom is -0.355 e. The molecule has 0 fully saturated rings. The van der Waals surface area contributed by atoms with Crippen LogP contribution in [0.2, 0.25) is 0 Å². The first kappa shape index (κ1) is 16.8. The first-order chi connectivity index (χ1) is 12.5. The lowest BCUT2D eigenvalue weighted by molar-refractivity contribution is 0.0959. The molecule has 0 atom stereocenters. The summed E-state index contributed by atoms with van der Waals surface area (Å²) < 4.78 is 16.7. The third-order valence-corrected chi connectivity index (χ3v) is 5.18. The number of carbonyl (C=O) groups is 1. The second-order valence-electron chi connectivity index (χ2n) is 7.01. The molecule has 0 saturated carbocycles. The number of hydrogen-bond acceptors (Lipinski definition) is 2. The Kier molecular flexibility index (Phi) is 4.04.